The maximum Gasteiger partial charge on any atom is 0.293 e. The van der Waals surface area contributed by atoms with Gasteiger partial charge in [0, 0.05) is 14.1 Å². The predicted octanol–water partition coefficient (Wildman–Crippen LogP) is 0.513. The van der Waals surface area contributed by atoms with Crippen molar-refractivity contribution < 1.29 is 0 Å². The van der Waals surface area contributed by atoms with Crippen LogP contribution in [0.4, 0.5) is 0 Å². The van der Waals surface area contributed by atoms with E-state index in [-0.39, 0.29) is 5.56 Å². The van der Waals surface area contributed by atoms with E-state index in [1.807, 2.05) is 31.3 Å². The van der Waals surface area contributed by atoms with Gasteiger partial charge in [-0.15, -0.1) is 0 Å². The highest BCUT2D eigenvalue weighted by Crippen LogP contribution is 2.07. The van der Waals surface area contributed by atoms with Crippen LogP contribution in [-0.2, 0) is 7.05 Å². The van der Waals surface area contributed by atoms with E-state index >= 15 is 0 Å². The molecule has 2 aromatic rings. The van der Waals surface area contributed by atoms with E-state index < -0.39 is 0 Å². The summed E-state index contributed by atoms with van der Waals surface area (Å²) >= 11 is 0. The fourth-order valence-corrected chi connectivity index (χ4v) is 1.55. The molecule has 0 amide bonds. The first kappa shape index (κ1) is 7.91. The lowest BCUT2D eigenvalue weighted by atomic mass is 10.2. The first-order valence-electron chi connectivity index (χ1n) is 4.10. The van der Waals surface area contributed by atoms with E-state index in [1.165, 1.54) is 4.79 Å². The van der Waals surface area contributed by atoms with Crippen molar-refractivity contribution in [1.82, 2.24) is 9.47 Å². The Morgan fingerprint density at radius 3 is 2.62 bits per heavy atom. The van der Waals surface area contributed by atoms with Gasteiger partial charge in [0.15, 0.2) is 0 Å². The molecule has 0 aliphatic heterocycles. The lowest BCUT2D eigenvalue weighted by Crippen LogP contribution is -2.28. The number of nitrogens with one attached hydrogen (secondary N) is 1. The summed E-state index contributed by atoms with van der Waals surface area (Å²) in [6.07, 6.45) is 0. The molecule has 0 fully saturated rings. The minimum atomic E-state index is -0.0133. The molecule has 13 heavy (non-hydrogen) atoms. The summed E-state index contributed by atoms with van der Waals surface area (Å²) < 4.78 is 1.79. The molecule has 4 nitrogen and oxygen atoms in total. The number of rotatable bonds is 1. The largest absolute Gasteiger partial charge is 0.311 e. The van der Waals surface area contributed by atoms with Gasteiger partial charge in [0.25, 0.3) is 5.56 Å². The van der Waals surface area contributed by atoms with Gasteiger partial charge in [0.1, 0.15) is 0 Å². The molecule has 0 aliphatic rings. The summed E-state index contributed by atoms with van der Waals surface area (Å²) in [4.78, 5) is 13.1. The monoisotopic (exact) mass is 177 g/mol. The van der Waals surface area contributed by atoms with Gasteiger partial charge in [-0.2, -0.15) is 4.79 Å². The molecule has 0 aliphatic carbocycles. The molecular formula is C9H11N3O. The average Bonchev–Trinajstić information content (AvgIpc) is 2.41. The highest BCUT2D eigenvalue weighted by molar-refractivity contribution is 5.78. The Hall–Kier alpha value is -1.71. The Morgan fingerprint density at radius 1 is 1.31 bits per heavy atom. The second kappa shape index (κ2) is 2.65. The van der Waals surface area contributed by atoms with Crippen LogP contribution in [0.15, 0.2) is 29.1 Å². The average molecular weight is 177 g/mol. The van der Waals surface area contributed by atoms with Crippen LogP contribution in [0.3, 0.4) is 0 Å². The van der Waals surface area contributed by atoms with E-state index in [9.17, 15) is 4.79 Å². The molecule has 0 bridgehead atoms. The summed E-state index contributed by atoms with van der Waals surface area (Å²) in [6, 6.07) is 7.53. The highest BCUT2D eigenvalue weighted by atomic mass is 16.1. The van der Waals surface area contributed by atoms with Crippen molar-refractivity contribution in [2.75, 3.05) is 12.5 Å². The van der Waals surface area contributed by atoms with Gasteiger partial charge in [-0.3, -0.25) is 9.48 Å². The number of hydrogen-bond acceptors (Lipinski definition) is 2. The second-order valence-corrected chi connectivity index (χ2v) is 2.88. The van der Waals surface area contributed by atoms with E-state index in [1.54, 1.807) is 11.7 Å². The molecule has 0 radical (unpaired) electrons. The fraction of sp³-hybridized carbons (Fsp3) is 0.222. The third-order valence-electron chi connectivity index (χ3n) is 2.19. The highest BCUT2D eigenvalue weighted by Gasteiger charge is 2.07. The summed E-state index contributed by atoms with van der Waals surface area (Å²) in [7, 11) is 3.57. The number of fused-ring (bicyclic) bond motifs is 1. The Morgan fingerprint density at radius 2 is 2.00 bits per heavy atom. The number of aryl methyl sites for hydroxylation is 1. The molecule has 0 saturated heterocycles. The van der Waals surface area contributed by atoms with Crippen LogP contribution in [-0.4, -0.2) is 16.5 Å². The summed E-state index contributed by atoms with van der Waals surface area (Å²) in [5.74, 6) is 0. The molecule has 2 rings (SSSR count). The molecule has 68 valence electrons. The van der Waals surface area contributed by atoms with Crippen molar-refractivity contribution in [1.29, 1.82) is 0 Å². The molecule has 1 heterocycles. The smallest absolute Gasteiger partial charge is 0.293 e. The summed E-state index contributed by atoms with van der Waals surface area (Å²) in [6.45, 7) is 0. The van der Waals surface area contributed by atoms with Crippen molar-refractivity contribution in [3.8, 4) is 0 Å². The summed E-state index contributed by atoms with van der Waals surface area (Å²) in [5, 5.41) is 0.736. The van der Waals surface area contributed by atoms with Crippen molar-refractivity contribution >= 4 is 10.9 Å². The van der Waals surface area contributed by atoms with Crippen LogP contribution in [0.2, 0.25) is 0 Å². The fourth-order valence-electron chi connectivity index (χ4n) is 1.55. The zero-order valence-corrected chi connectivity index (χ0v) is 7.61. The molecule has 1 aromatic carbocycles. The normalized spacial score (nSPS) is 10.6. The van der Waals surface area contributed by atoms with E-state index in [4.69, 9.17) is 0 Å². The van der Waals surface area contributed by atoms with Crippen LogP contribution in [0, 0.1) is 0 Å². The quantitative estimate of drug-likeness (QED) is 0.689. The first-order chi connectivity index (χ1) is 6.25. The molecule has 0 saturated carbocycles. The van der Waals surface area contributed by atoms with Gasteiger partial charge in [-0.05, 0) is 12.1 Å². The van der Waals surface area contributed by atoms with Crippen LogP contribution in [0.25, 0.3) is 10.9 Å². The topological polar surface area (TPSA) is 39.0 Å². The van der Waals surface area contributed by atoms with Crippen molar-refractivity contribution in [2.45, 2.75) is 0 Å². The number of benzene rings is 1. The maximum absolute atomic E-state index is 11.7. The van der Waals surface area contributed by atoms with Crippen LogP contribution in [0.1, 0.15) is 0 Å². The lowest BCUT2D eigenvalue weighted by Gasteiger charge is -2.04. The van der Waals surface area contributed by atoms with E-state index in [0.717, 1.165) is 10.9 Å². The lowest BCUT2D eigenvalue weighted by molar-refractivity contribution is 0.608. The van der Waals surface area contributed by atoms with Gasteiger partial charge < -0.3 is 5.43 Å². The molecule has 0 spiro atoms. The molecule has 1 aromatic heterocycles. The molecule has 0 atom stereocenters. The first-order valence-corrected chi connectivity index (χ1v) is 4.10. The van der Waals surface area contributed by atoms with E-state index in [2.05, 4.69) is 5.43 Å². The Balaban J connectivity index is 2.97. The van der Waals surface area contributed by atoms with Gasteiger partial charge in [0.2, 0.25) is 0 Å². The molecule has 1 N–H and O–H groups in total. The second-order valence-electron chi connectivity index (χ2n) is 2.88. The van der Waals surface area contributed by atoms with Gasteiger partial charge in [0.05, 0.1) is 10.9 Å². The van der Waals surface area contributed by atoms with Gasteiger partial charge in [-0.1, -0.05) is 12.1 Å². The predicted molar refractivity (Wildman–Crippen MR) is 52.5 cm³/mol. The maximum atomic E-state index is 11.7. The third-order valence-corrected chi connectivity index (χ3v) is 2.19. The summed E-state index contributed by atoms with van der Waals surface area (Å²) in [5.41, 5.74) is 3.74. The number of hydrogen-bond donors (Lipinski definition) is 1. The van der Waals surface area contributed by atoms with Crippen LogP contribution < -0.4 is 11.0 Å². The Bertz CT molecular complexity index is 495. The van der Waals surface area contributed by atoms with Gasteiger partial charge >= 0.3 is 0 Å². The zero-order valence-electron chi connectivity index (χ0n) is 7.61. The molecular weight excluding hydrogens is 166 g/mol. The molecule has 4 heteroatoms. The molecule has 0 unspecified atom stereocenters. The minimum absolute atomic E-state index is 0.0133. The van der Waals surface area contributed by atoms with Crippen molar-refractivity contribution in [3.05, 3.63) is 34.6 Å². The third kappa shape index (κ3) is 0.950. The van der Waals surface area contributed by atoms with Crippen LogP contribution in [0.5, 0.6) is 0 Å². The van der Waals surface area contributed by atoms with Gasteiger partial charge in [-0.25, -0.2) is 0 Å². The zero-order chi connectivity index (χ0) is 9.42. The number of aromatic nitrogens is 2. The van der Waals surface area contributed by atoms with E-state index in [0.29, 0.717) is 0 Å². The van der Waals surface area contributed by atoms with Crippen molar-refractivity contribution in [2.24, 2.45) is 7.05 Å². The van der Waals surface area contributed by atoms with Crippen molar-refractivity contribution in [3.63, 3.8) is 0 Å². The van der Waals surface area contributed by atoms with Crippen LogP contribution >= 0.6 is 0 Å². The Labute approximate surface area is 75.3 Å². The SMILES string of the molecule is CNn1c(=O)c2ccccc2n1C. The standard InChI is InChI=1S/C9H11N3O/c1-10-12-9(13)7-5-3-4-6-8(7)11(12)2/h3-6,10H,1-2H3. The number of para-hydroxylation sites is 1. The number of nitrogens with zero attached hydrogens (tertiary/aromatic N) is 2. The minimum Gasteiger partial charge on any atom is -0.311 e. The Kier molecular flexibility index (Phi) is 1.62.